The molecule has 0 aliphatic rings. The molecule has 0 radical (unpaired) electrons. The van der Waals surface area contributed by atoms with Gasteiger partial charge in [-0.2, -0.15) is 8.78 Å². The van der Waals surface area contributed by atoms with Gasteiger partial charge in [-0.05, 0) is 23.1 Å². The van der Waals surface area contributed by atoms with Gasteiger partial charge in [-0.25, -0.2) is 0 Å². The Balaban J connectivity index is 2.46. The quantitative estimate of drug-likeness (QED) is 0.648. The lowest BCUT2D eigenvalue weighted by molar-refractivity contribution is 0.215. The van der Waals surface area contributed by atoms with Gasteiger partial charge in [0.25, 0.3) is 6.43 Å². The first-order valence-corrected chi connectivity index (χ1v) is 5.21. The van der Waals surface area contributed by atoms with Crippen molar-refractivity contribution in [3.63, 3.8) is 0 Å². The van der Waals surface area contributed by atoms with Crippen LogP contribution in [0.1, 0.15) is 5.56 Å². The van der Waals surface area contributed by atoms with Gasteiger partial charge in [0.1, 0.15) is 0 Å². The van der Waals surface area contributed by atoms with Crippen LogP contribution in [0.4, 0.5) is 8.78 Å². The van der Waals surface area contributed by atoms with Gasteiger partial charge in [-0.15, -0.1) is 0 Å². The Hall–Kier alpha value is -2.14. The van der Waals surface area contributed by atoms with Crippen molar-refractivity contribution < 1.29 is 8.78 Å². The summed E-state index contributed by atoms with van der Waals surface area (Å²) >= 11 is 0. The smallest absolute Gasteiger partial charge is 0.196 e. The number of benzene rings is 2. The molecule has 0 heterocycles. The summed E-state index contributed by atoms with van der Waals surface area (Å²) in [4.78, 5) is 0. The van der Waals surface area contributed by atoms with Crippen molar-refractivity contribution in [3.8, 4) is 23.0 Å². The number of hydrogen-bond donors (Lipinski definition) is 0. The highest BCUT2D eigenvalue weighted by Crippen LogP contribution is 2.22. The molecule has 0 amide bonds. The third-order valence-electron chi connectivity index (χ3n) is 2.33. The summed E-state index contributed by atoms with van der Waals surface area (Å²) in [6, 6.07) is 16.9. The molecule has 0 fully saturated rings. The molecule has 0 aliphatic carbocycles. The second kappa shape index (κ2) is 5.27. The lowest BCUT2D eigenvalue weighted by Crippen LogP contribution is -1.86. The lowest BCUT2D eigenvalue weighted by Gasteiger charge is -2.03. The van der Waals surface area contributed by atoms with Crippen LogP contribution in [0, 0.1) is 11.8 Å². The van der Waals surface area contributed by atoms with E-state index in [1.807, 2.05) is 48.4 Å². The van der Waals surface area contributed by atoms with Crippen molar-refractivity contribution in [1.82, 2.24) is 0 Å². The first-order chi connectivity index (χ1) is 8.27. The van der Waals surface area contributed by atoms with E-state index in [1.54, 1.807) is 12.1 Å². The Kier molecular flexibility index (Phi) is 3.52. The Morgan fingerprint density at radius 2 is 1.47 bits per heavy atom. The SMILES string of the molecule is FC(F)C#Cc1ccccc1-c1ccccc1. The second-order valence-electron chi connectivity index (χ2n) is 3.48. The van der Waals surface area contributed by atoms with Gasteiger partial charge in [-0.1, -0.05) is 54.5 Å². The molecule has 2 aromatic rings. The Morgan fingerprint density at radius 1 is 0.824 bits per heavy atom. The Morgan fingerprint density at radius 3 is 2.18 bits per heavy atom. The topological polar surface area (TPSA) is 0 Å². The predicted octanol–water partition coefficient (Wildman–Crippen LogP) is 3.97. The van der Waals surface area contributed by atoms with Crippen molar-refractivity contribution in [3.05, 3.63) is 60.2 Å². The molecule has 2 aromatic carbocycles. The van der Waals surface area contributed by atoms with Crippen LogP contribution in [0.25, 0.3) is 11.1 Å². The molecule has 0 unspecified atom stereocenters. The van der Waals surface area contributed by atoms with Gasteiger partial charge >= 0.3 is 0 Å². The highest BCUT2D eigenvalue weighted by molar-refractivity contribution is 5.70. The van der Waals surface area contributed by atoms with Crippen molar-refractivity contribution in [2.75, 3.05) is 0 Å². The molecule has 0 nitrogen and oxygen atoms in total. The first-order valence-electron chi connectivity index (χ1n) is 5.21. The van der Waals surface area contributed by atoms with Crippen molar-refractivity contribution in [1.29, 1.82) is 0 Å². The molecular weight excluding hydrogens is 218 g/mol. The van der Waals surface area contributed by atoms with Gasteiger partial charge in [0.15, 0.2) is 0 Å². The molecule has 2 rings (SSSR count). The number of alkyl halides is 2. The third kappa shape index (κ3) is 2.92. The average Bonchev–Trinajstić information content (AvgIpc) is 2.38. The minimum atomic E-state index is -2.60. The van der Waals surface area contributed by atoms with E-state index < -0.39 is 6.43 Å². The van der Waals surface area contributed by atoms with E-state index >= 15 is 0 Å². The van der Waals surface area contributed by atoms with E-state index in [4.69, 9.17) is 0 Å². The molecular formula is C15H10F2. The summed E-state index contributed by atoms with van der Waals surface area (Å²) in [6.07, 6.45) is -2.60. The first kappa shape index (κ1) is 11.3. The third-order valence-corrected chi connectivity index (χ3v) is 2.33. The van der Waals surface area contributed by atoms with E-state index in [-0.39, 0.29) is 0 Å². The maximum atomic E-state index is 12.1. The van der Waals surface area contributed by atoms with Crippen molar-refractivity contribution in [2.45, 2.75) is 6.43 Å². The van der Waals surface area contributed by atoms with Crippen LogP contribution >= 0.6 is 0 Å². The summed E-state index contributed by atoms with van der Waals surface area (Å²) in [6.45, 7) is 0. The molecule has 17 heavy (non-hydrogen) atoms. The molecule has 0 saturated carbocycles. The molecule has 0 atom stereocenters. The minimum Gasteiger partial charge on any atom is -0.196 e. The molecule has 84 valence electrons. The molecule has 2 heteroatoms. The summed E-state index contributed by atoms with van der Waals surface area (Å²) in [5.41, 5.74) is 2.48. The van der Waals surface area contributed by atoms with E-state index in [0.717, 1.165) is 11.1 Å². The minimum absolute atomic E-state index is 0.624. The number of halogens is 2. The van der Waals surface area contributed by atoms with Gasteiger partial charge in [0.2, 0.25) is 0 Å². The average molecular weight is 228 g/mol. The predicted molar refractivity (Wildman–Crippen MR) is 64.8 cm³/mol. The van der Waals surface area contributed by atoms with Crippen LogP contribution in [0.5, 0.6) is 0 Å². The molecule has 0 aromatic heterocycles. The standard InChI is InChI=1S/C15H10F2/c16-15(17)11-10-13-8-4-5-9-14(13)12-6-2-1-3-7-12/h1-9,15H. The summed E-state index contributed by atoms with van der Waals surface area (Å²) in [5, 5.41) is 0. The zero-order valence-electron chi connectivity index (χ0n) is 9.03. The summed E-state index contributed by atoms with van der Waals surface area (Å²) < 4.78 is 24.2. The molecule has 0 N–H and O–H groups in total. The summed E-state index contributed by atoms with van der Waals surface area (Å²) in [7, 11) is 0. The fourth-order valence-electron chi connectivity index (χ4n) is 1.59. The largest absolute Gasteiger partial charge is 0.299 e. The van der Waals surface area contributed by atoms with Crippen LogP contribution in [-0.2, 0) is 0 Å². The van der Waals surface area contributed by atoms with Gasteiger partial charge in [0, 0.05) is 5.56 Å². The lowest BCUT2D eigenvalue weighted by atomic mass is 10.0. The number of rotatable bonds is 1. The van der Waals surface area contributed by atoms with Crippen molar-refractivity contribution in [2.24, 2.45) is 0 Å². The molecule has 0 bridgehead atoms. The highest BCUT2D eigenvalue weighted by atomic mass is 19.3. The zero-order chi connectivity index (χ0) is 12.1. The fraction of sp³-hybridized carbons (Fsp3) is 0.0667. The normalized spacial score (nSPS) is 9.82. The van der Waals surface area contributed by atoms with Crippen LogP contribution in [-0.4, -0.2) is 6.43 Å². The van der Waals surface area contributed by atoms with E-state index in [1.165, 1.54) is 0 Å². The van der Waals surface area contributed by atoms with E-state index in [9.17, 15) is 8.78 Å². The van der Waals surface area contributed by atoms with E-state index in [2.05, 4.69) is 5.92 Å². The molecule has 0 aliphatic heterocycles. The monoisotopic (exact) mass is 228 g/mol. The zero-order valence-corrected chi connectivity index (χ0v) is 9.03. The van der Waals surface area contributed by atoms with Crippen molar-refractivity contribution >= 4 is 0 Å². The van der Waals surface area contributed by atoms with Gasteiger partial charge in [-0.3, -0.25) is 0 Å². The molecule has 0 spiro atoms. The highest BCUT2D eigenvalue weighted by Gasteiger charge is 2.01. The van der Waals surface area contributed by atoms with Crippen LogP contribution in [0.15, 0.2) is 54.6 Å². The Bertz CT molecular complexity index is 548. The van der Waals surface area contributed by atoms with Gasteiger partial charge < -0.3 is 0 Å². The van der Waals surface area contributed by atoms with E-state index in [0.29, 0.717) is 5.56 Å². The van der Waals surface area contributed by atoms with Gasteiger partial charge in [0.05, 0.1) is 0 Å². The van der Waals surface area contributed by atoms with Crippen LogP contribution in [0.3, 0.4) is 0 Å². The number of hydrogen-bond acceptors (Lipinski definition) is 0. The second-order valence-corrected chi connectivity index (χ2v) is 3.48. The fourth-order valence-corrected chi connectivity index (χ4v) is 1.59. The maximum Gasteiger partial charge on any atom is 0.299 e. The molecule has 0 saturated heterocycles. The maximum absolute atomic E-state index is 12.1. The van der Waals surface area contributed by atoms with Crippen LogP contribution in [0.2, 0.25) is 0 Å². The summed E-state index contributed by atoms with van der Waals surface area (Å²) in [5.74, 6) is 4.40. The Labute approximate surface area is 98.9 Å². The van der Waals surface area contributed by atoms with Crippen LogP contribution < -0.4 is 0 Å².